The normalized spacial score (nSPS) is 18.8. The lowest BCUT2D eigenvalue weighted by atomic mass is 9.85. The van der Waals surface area contributed by atoms with Crippen molar-refractivity contribution in [1.82, 2.24) is 9.55 Å². The topological polar surface area (TPSA) is 38.1 Å². The van der Waals surface area contributed by atoms with Gasteiger partial charge in [0.1, 0.15) is 12.1 Å². The minimum Gasteiger partial charge on any atom is -0.372 e. The highest BCUT2D eigenvalue weighted by Gasteiger charge is 2.37. The fraction of sp³-hybridized carbons (Fsp3) is 0.304. The van der Waals surface area contributed by atoms with Gasteiger partial charge in [0.2, 0.25) is 0 Å². The molecule has 2 aliphatic rings. The number of piperidine rings is 1. The third-order valence-electron chi connectivity index (χ3n) is 6.17. The Morgan fingerprint density at radius 2 is 1.96 bits per heavy atom. The summed E-state index contributed by atoms with van der Waals surface area (Å²) >= 11 is 0. The minimum absolute atomic E-state index is 0.0252. The van der Waals surface area contributed by atoms with E-state index in [1.807, 2.05) is 30.7 Å². The van der Waals surface area contributed by atoms with Gasteiger partial charge < -0.3 is 14.3 Å². The molecule has 0 saturated carbocycles. The lowest BCUT2D eigenvalue weighted by Crippen LogP contribution is -2.36. The van der Waals surface area contributed by atoms with E-state index in [1.54, 1.807) is 12.1 Å². The van der Waals surface area contributed by atoms with E-state index in [1.165, 1.54) is 5.69 Å². The molecule has 1 unspecified atom stereocenters. The SMILES string of the molecule is O=CCc1cccc(N2CCC(C3c4c(F)cccc4-c4cncn43)CC2)c1. The molecule has 0 spiro atoms. The van der Waals surface area contributed by atoms with Crippen molar-refractivity contribution in [3.8, 4) is 11.3 Å². The number of benzene rings is 2. The van der Waals surface area contributed by atoms with E-state index in [2.05, 4.69) is 26.6 Å². The third-order valence-corrected chi connectivity index (χ3v) is 6.17. The van der Waals surface area contributed by atoms with Gasteiger partial charge in [-0.3, -0.25) is 0 Å². The molecule has 1 atom stereocenters. The number of carbonyl (C=O) groups excluding carboxylic acids is 1. The molecule has 3 heterocycles. The van der Waals surface area contributed by atoms with Crippen molar-refractivity contribution < 1.29 is 9.18 Å². The van der Waals surface area contributed by atoms with Crippen molar-refractivity contribution in [2.45, 2.75) is 25.3 Å². The number of aldehydes is 1. The van der Waals surface area contributed by atoms with Crippen LogP contribution in [0.25, 0.3) is 11.3 Å². The van der Waals surface area contributed by atoms with Crippen molar-refractivity contribution in [2.24, 2.45) is 5.92 Å². The average Bonchev–Trinajstić information content (AvgIpc) is 3.31. The highest BCUT2D eigenvalue weighted by Crippen LogP contribution is 2.46. The van der Waals surface area contributed by atoms with E-state index in [4.69, 9.17) is 0 Å². The number of hydrogen-bond acceptors (Lipinski definition) is 3. The molecule has 1 aromatic heterocycles. The molecule has 4 nitrogen and oxygen atoms in total. The molecule has 142 valence electrons. The molecule has 0 radical (unpaired) electrons. The van der Waals surface area contributed by atoms with E-state index in [0.717, 1.165) is 54.6 Å². The fourth-order valence-electron chi connectivity index (χ4n) is 4.85. The summed E-state index contributed by atoms with van der Waals surface area (Å²) in [5.41, 5.74) is 5.03. The van der Waals surface area contributed by atoms with Crippen LogP contribution in [-0.4, -0.2) is 28.9 Å². The van der Waals surface area contributed by atoms with Crippen LogP contribution in [-0.2, 0) is 11.2 Å². The molecule has 5 heteroatoms. The Kier molecular flexibility index (Phi) is 4.23. The van der Waals surface area contributed by atoms with Gasteiger partial charge in [0.15, 0.2) is 0 Å². The van der Waals surface area contributed by atoms with Crippen LogP contribution in [0.4, 0.5) is 10.1 Å². The van der Waals surface area contributed by atoms with E-state index in [0.29, 0.717) is 12.3 Å². The maximum absolute atomic E-state index is 14.7. The number of imidazole rings is 1. The van der Waals surface area contributed by atoms with Crippen LogP contribution >= 0.6 is 0 Å². The lowest BCUT2D eigenvalue weighted by Gasteiger charge is -2.37. The van der Waals surface area contributed by atoms with Gasteiger partial charge in [0.05, 0.1) is 24.3 Å². The van der Waals surface area contributed by atoms with Gasteiger partial charge in [0, 0.05) is 36.3 Å². The zero-order valence-corrected chi connectivity index (χ0v) is 15.6. The van der Waals surface area contributed by atoms with E-state index >= 15 is 0 Å². The van der Waals surface area contributed by atoms with Gasteiger partial charge in [-0.2, -0.15) is 0 Å². The first kappa shape index (κ1) is 17.2. The highest BCUT2D eigenvalue weighted by atomic mass is 19.1. The summed E-state index contributed by atoms with van der Waals surface area (Å²) in [4.78, 5) is 17.5. The average molecular weight is 375 g/mol. The molecular weight excluding hydrogens is 353 g/mol. The quantitative estimate of drug-likeness (QED) is 0.640. The van der Waals surface area contributed by atoms with E-state index in [9.17, 15) is 9.18 Å². The van der Waals surface area contributed by atoms with Crippen LogP contribution in [0.5, 0.6) is 0 Å². The first-order valence-electron chi connectivity index (χ1n) is 9.84. The van der Waals surface area contributed by atoms with Crippen LogP contribution in [0.3, 0.4) is 0 Å². The molecule has 0 N–H and O–H groups in total. The molecule has 3 aromatic rings. The Hall–Kier alpha value is -2.95. The second-order valence-electron chi connectivity index (χ2n) is 7.70. The number of aromatic nitrogens is 2. The zero-order chi connectivity index (χ0) is 19.1. The summed E-state index contributed by atoms with van der Waals surface area (Å²) in [6, 6.07) is 13.6. The van der Waals surface area contributed by atoms with Crippen molar-refractivity contribution in [1.29, 1.82) is 0 Å². The number of fused-ring (bicyclic) bond motifs is 3. The summed E-state index contributed by atoms with van der Waals surface area (Å²) in [6.45, 7) is 1.86. The maximum atomic E-state index is 14.7. The zero-order valence-electron chi connectivity index (χ0n) is 15.6. The van der Waals surface area contributed by atoms with Gasteiger partial charge >= 0.3 is 0 Å². The molecule has 0 bridgehead atoms. The van der Waals surface area contributed by atoms with Gasteiger partial charge in [-0.25, -0.2) is 9.37 Å². The van der Waals surface area contributed by atoms with Crippen molar-refractivity contribution in [2.75, 3.05) is 18.0 Å². The number of rotatable bonds is 4. The van der Waals surface area contributed by atoms with Gasteiger partial charge in [-0.15, -0.1) is 0 Å². The number of anilines is 1. The Morgan fingerprint density at radius 1 is 1.14 bits per heavy atom. The summed E-state index contributed by atoms with van der Waals surface area (Å²) in [7, 11) is 0. The molecular formula is C23H22FN3O. The summed E-state index contributed by atoms with van der Waals surface area (Å²) in [5.74, 6) is 0.260. The van der Waals surface area contributed by atoms with Gasteiger partial charge in [-0.1, -0.05) is 24.3 Å². The minimum atomic E-state index is -0.116. The third kappa shape index (κ3) is 2.73. The second-order valence-corrected chi connectivity index (χ2v) is 7.70. The standard InChI is InChI=1S/C23H22FN3O/c24-20-6-2-5-19-21-14-25-15-27(21)23(22(19)20)17-7-10-26(11-8-17)18-4-1-3-16(13-18)9-12-28/h1-6,12-15,17,23H,7-11H2. The van der Waals surface area contributed by atoms with Crippen LogP contribution in [0.2, 0.25) is 0 Å². The predicted octanol–water partition coefficient (Wildman–Crippen LogP) is 4.25. The number of hydrogen-bond donors (Lipinski definition) is 0. The van der Waals surface area contributed by atoms with Crippen molar-refractivity contribution in [3.63, 3.8) is 0 Å². The smallest absolute Gasteiger partial charge is 0.129 e. The molecule has 1 fully saturated rings. The Balaban J connectivity index is 1.38. The Morgan fingerprint density at radius 3 is 2.79 bits per heavy atom. The Labute approximate surface area is 163 Å². The molecule has 2 aliphatic heterocycles. The first-order valence-corrected chi connectivity index (χ1v) is 9.84. The molecule has 0 aliphatic carbocycles. The van der Waals surface area contributed by atoms with Crippen LogP contribution in [0.1, 0.15) is 30.0 Å². The number of nitrogens with zero attached hydrogens (tertiary/aromatic N) is 3. The van der Waals surface area contributed by atoms with Crippen molar-refractivity contribution in [3.05, 3.63) is 71.9 Å². The number of halogens is 1. The van der Waals surface area contributed by atoms with E-state index < -0.39 is 0 Å². The van der Waals surface area contributed by atoms with Crippen LogP contribution in [0, 0.1) is 11.7 Å². The Bertz CT molecular complexity index is 1020. The fourth-order valence-corrected chi connectivity index (χ4v) is 4.85. The summed E-state index contributed by atoms with van der Waals surface area (Å²) in [5, 5.41) is 0. The largest absolute Gasteiger partial charge is 0.372 e. The second kappa shape index (κ2) is 6.89. The van der Waals surface area contributed by atoms with E-state index in [-0.39, 0.29) is 11.9 Å². The predicted molar refractivity (Wildman–Crippen MR) is 107 cm³/mol. The first-order chi connectivity index (χ1) is 13.8. The highest BCUT2D eigenvalue weighted by molar-refractivity contribution is 5.69. The van der Waals surface area contributed by atoms with Crippen LogP contribution in [0.15, 0.2) is 55.0 Å². The van der Waals surface area contributed by atoms with Crippen molar-refractivity contribution >= 4 is 12.0 Å². The summed E-state index contributed by atoms with van der Waals surface area (Å²) < 4.78 is 16.9. The monoisotopic (exact) mass is 375 g/mol. The molecule has 0 amide bonds. The molecule has 2 aromatic carbocycles. The molecule has 28 heavy (non-hydrogen) atoms. The number of carbonyl (C=O) groups is 1. The van der Waals surface area contributed by atoms with Gasteiger partial charge in [0.25, 0.3) is 0 Å². The lowest BCUT2D eigenvalue weighted by molar-refractivity contribution is -0.107. The molecule has 1 saturated heterocycles. The van der Waals surface area contributed by atoms with Gasteiger partial charge in [-0.05, 0) is 42.5 Å². The molecule has 5 rings (SSSR count). The summed E-state index contributed by atoms with van der Waals surface area (Å²) in [6.07, 6.45) is 7.06. The maximum Gasteiger partial charge on any atom is 0.129 e. The van der Waals surface area contributed by atoms with Crippen LogP contribution < -0.4 is 4.90 Å².